The highest BCUT2D eigenvalue weighted by Crippen LogP contribution is 2.14. The monoisotopic (exact) mass is 305 g/mol. The van der Waals surface area contributed by atoms with Crippen LogP contribution in [0, 0.1) is 0 Å². The van der Waals surface area contributed by atoms with Gasteiger partial charge in [0.25, 0.3) is 0 Å². The van der Waals surface area contributed by atoms with Crippen LogP contribution in [0.1, 0.15) is 5.56 Å². The number of aromatic nitrogens is 1. The molecular formula is C14H12ClN3O3. The van der Waals surface area contributed by atoms with E-state index in [4.69, 9.17) is 16.7 Å². The van der Waals surface area contributed by atoms with E-state index in [2.05, 4.69) is 15.6 Å². The Morgan fingerprint density at radius 3 is 2.52 bits per heavy atom. The van der Waals surface area contributed by atoms with Crippen molar-refractivity contribution in [2.75, 3.05) is 10.6 Å². The van der Waals surface area contributed by atoms with E-state index >= 15 is 0 Å². The Bertz CT molecular complexity index is 676. The van der Waals surface area contributed by atoms with Gasteiger partial charge in [-0.25, -0.2) is 9.78 Å². The zero-order chi connectivity index (χ0) is 15.2. The Balaban J connectivity index is 2.01. The molecule has 0 radical (unpaired) electrons. The van der Waals surface area contributed by atoms with E-state index in [1.165, 1.54) is 12.3 Å². The second kappa shape index (κ2) is 6.71. The molecule has 0 fully saturated rings. The fraction of sp³-hybridized carbons (Fsp3) is 0.0714. The maximum absolute atomic E-state index is 11.8. The lowest BCUT2D eigenvalue weighted by Gasteiger charge is -2.08. The lowest BCUT2D eigenvalue weighted by molar-refractivity contribution is -0.136. The molecule has 6 nitrogen and oxygen atoms in total. The molecule has 2 aromatic rings. The van der Waals surface area contributed by atoms with Gasteiger partial charge >= 0.3 is 12.0 Å². The fourth-order valence-corrected chi connectivity index (χ4v) is 1.88. The molecular weight excluding hydrogens is 294 g/mol. The molecule has 1 aromatic heterocycles. The molecule has 2 amide bonds. The second-order valence-electron chi connectivity index (χ2n) is 4.22. The predicted molar refractivity (Wildman–Crippen MR) is 79.7 cm³/mol. The van der Waals surface area contributed by atoms with Crippen molar-refractivity contribution >= 4 is 35.0 Å². The summed E-state index contributed by atoms with van der Waals surface area (Å²) in [6.45, 7) is 0. The first-order valence-electron chi connectivity index (χ1n) is 6.03. The van der Waals surface area contributed by atoms with E-state index in [-0.39, 0.29) is 11.6 Å². The lowest BCUT2D eigenvalue weighted by Crippen LogP contribution is -2.19. The summed E-state index contributed by atoms with van der Waals surface area (Å²) in [6.07, 6.45) is 1.38. The smallest absolute Gasteiger partial charge is 0.323 e. The molecule has 0 bridgehead atoms. The Hall–Kier alpha value is -2.60. The van der Waals surface area contributed by atoms with Crippen LogP contribution >= 0.6 is 11.6 Å². The first kappa shape index (κ1) is 14.8. The number of aliphatic carboxylic acids is 1. The van der Waals surface area contributed by atoms with E-state index in [1.807, 2.05) is 0 Å². The van der Waals surface area contributed by atoms with Gasteiger partial charge in [0, 0.05) is 17.6 Å². The molecule has 0 saturated carbocycles. The van der Waals surface area contributed by atoms with Crippen LogP contribution in [0.5, 0.6) is 0 Å². The van der Waals surface area contributed by atoms with Crippen LogP contribution < -0.4 is 10.6 Å². The van der Waals surface area contributed by atoms with Crippen LogP contribution in [0.4, 0.5) is 16.2 Å². The highest BCUT2D eigenvalue weighted by atomic mass is 35.5. The van der Waals surface area contributed by atoms with Gasteiger partial charge in [-0.2, -0.15) is 0 Å². The highest BCUT2D eigenvalue weighted by molar-refractivity contribution is 6.29. The van der Waals surface area contributed by atoms with Gasteiger partial charge in [0.15, 0.2) is 0 Å². The predicted octanol–water partition coefficient (Wildman–Crippen LogP) is 3.01. The number of nitrogens with one attached hydrogen (secondary N) is 2. The molecule has 0 unspecified atom stereocenters. The lowest BCUT2D eigenvalue weighted by atomic mass is 10.1. The number of amides is 2. The number of carboxylic acids is 1. The number of hydrogen-bond acceptors (Lipinski definition) is 3. The van der Waals surface area contributed by atoms with Crippen molar-refractivity contribution in [1.82, 2.24) is 4.98 Å². The Labute approximate surface area is 125 Å². The molecule has 108 valence electrons. The molecule has 3 N–H and O–H groups in total. The summed E-state index contributed by atoms with van der Waals surface area (Å²) in [5.41, 5.74) is 1.62. The molecule has 0 aliphatic heterocycles. The number of rotatable bonds is 4. The summed E-state index contributed by atoms with van der Waals surface area (Å²) in [7, 11) is 0. The molecule has 0 saturated heterocycles. The summed E-state index contributed by atoms with van der Waals surface area (Å²) in [4.78, 5) is 26.3. The van der Waals surface area contributed by atoms with Crippen LogP contribution in [-0.2, 0) is 11.2 Å². The second-order valence-corrected chi connectivity index (χ2v) is 4.60. The Kier molecular flexibility index (Phi) is 4.73. The van der Waals surface area contributed by atoms with Crippen molar-refractivity contribution < 1.29 is 14.7 Å². The summed E-state index contributed by atoms with van der Waals surface area (Å²) in [6, 6.07) is 9.30. The third-order valence-corrected chi connectivity index (χ3v) is 2.73. The maximum atomic E-state index is 11.8. The first-order valence-corrected chi connectivity index (χ1v) is 6.41. The van der Waals surface area contributed by atoms with Crippen molar-refractivity contribution in [1.29, 1.82) is 0 Å². The molecule has 0 spiro atoms. The number of nitrogens with zero attached hydrogens (tertiary/aromatic N) is 1. The molecule has 1 aromatic carbocycles. The van der Waals surface area contributed by atoms with E-state index in [1.54, 1.807) is 30.3 Å². The van der Waals surface area contributed by atoms with E-state index < -0.39 is 12.0 Å². The zero-order valence-electron chi connectivity index (χ0n) is 10.8. The number of halogens is 1. The van der Waals surface area contributed by atoms with Crippen molar-refractivity contribution in [3.05, 3.63) is 53.3 Å². The van der Waals surface area contributed by atoms with Gasteiger partial charge in [-0.3, -0.25) is 4.79 Å². The van der Waals surface area contributed by atoms with Crippen LogP contribution in [0.3, 0.4) is 0 Å². The third kappa shape index (κ3) is 4.77. The van der Waals surface area contributed by atoms with Crippen molar-refractivity contribution in [2.45, 2.75) is 6.42 Å². The van der Waals surface area contributed by atoms with Crippen molar-refractivity contribution in [3.8, 4) is 0 Å². The standard InChI is InChI=1S/C14H12ClN3O3/c15-12-8-11(4-5-16-12)18-14(21)17-10-3-1-2-9(6-10)7-13(19)20/h1-6,8H,7H2,(H,19,20)(H2,16,17,18,21). The van der Waals surface area contributed by atoms with Gasteiger partial charge < -0.3 is 15.7 Å². The summed E-state index contributed by atoms with van der Waals surface area (Å²) >= 11 is 5.72. The Morgan fingerprint density at radius 2 is 1.86 bits per heavy atom. The van der Waals surface area contributed by atoms with Crippen molar-refractivity contribution in [2.24, 2.45) is 0 Å². The van der Waals surface area contributed by atoms with Crippen molar-refractivity contribution in [3.63, 3.8) is 0 Å². The van der Waals surface area contributed by atoms with E-state index in [0.29, 0.717) is 16.9 Å². The topological polar surface area (TPSA) is 91.3 Å². The number of hydrogen-bond donors (Lipinski definition) is 3. The average molecular weight is 306 g/mol. The molecule has 0 atom stereocenters. The van der Waals surface area contributed by atoms with Crippen LogP contribution in [-0.4, -0.2) is 22.1 Å². The number of carboxylic acid groups (broad SMARTS) is 1. The molecule has 0 aliphatic carbocycles. The molecule has 21 heavy (non-hydrogen) atoms. The van der Waals surface area contributed by atoms with E-state index in [9.17, 15) is 9.59 Å². The molecule has 2 rings (SSSR count). The van der Waals surface area contributed by atoms with Gasteiger partial charge in [-0.15, -0.1) is 0 Å². The largest absolute Gasteiger partial charge is 0.481 e. The van der Waals surface area contributed by atoms with Crippen LogP contribution in [0.15, 0.2) is 42.6 Å². The minimum Gasteiger partial charge on any atom is -0.481 e. The minimum atomic E-state index is -0.928. The number of carbonyl (C=O) groups excluding carboxylic acids is 1. The van der Waals surface area contributed by atoms with Crippen LogP contribution in [0.25, 0.3) is 0 Å². The first-order chi connectivity index (χ1) is 10.0. The number of anilines is 2. The quantitative estimate of drug-likeness (QED) is 0.757. The molecule has 7 heteroatoms. The minimum absolute atomic E-state index is 0.100. The maximum Gasteiger partial charge on any atom is 0.323 e. The van der Waals surface area contributed by atoms with Crippen LogP contribution in [0.2, 0.25) is 5.15 Å². The molecule has 1 heterocycles. The SMILES string of the molecule is O=C(O)Cc1cccc(NC(=O)Nc2ccnc(Cl)c2)c1. The van der Waals surface area contributed by atoms with Gasteiger partial charge in [0.05, 0.1) is 6.42 Å². The third-order valence-electron chi connectivity index (χ3n) is 2.52. The number of carbonyl (C=O) groups is 2. The highest BCUT2D eigenvalue weighted by Gasteiger charge is 2.05. The number of pyridine rings is 1. The molecule has 0 aliphatic rings. The number of urea groups is 1. The fourth-order valence-electron chi connectivity index (χ4n) is 1.71. The summed E-state index contributed by atoms with van der Waals surface area (Å²) in [5.74, 6) is -0.928. The Morgan fingerprint density at radius 1 is 1.14 bits per heavy atom. The number of benzene rings is 1. The zero-order valence-corrected chi connectivity index (χ0v) is 11.6. The van der Waals surface area contributed by atoms with Gasteiger partial charge in [0.1, 0.15) is 5.15 Å². The van der Waals surface area contributed by atoms with Gasteiger partial charge in [-0.05, 0) is 29.8 Å². The van der Waals surface area contributed by atoms with E-state index in [0.717, 1.165) is 0 Å². The normalized spacial score (nSPS) is 9.95. The van der Waals surface area contributed by atoms with Gasteiger partial charge in [-0.1, -0.05) is 23.7 Å². The summed E-state index contributed by atoms with van der Waals surface area (Å²) in [5, 5.41) is 14.2. The summed E-state index contributed by atoms with van der Waals surface area (Å²) < 4.78 is 0. The average Bonchev–Trinajstić information content (AvgIpc) is 2.37. The van der Waals surface area contributed by atoms with Gasteiger partial charge in [0.2, 0.25) is 0 Å².